The highest BCUT2D eigenvalue weighted by atomic mass is 16.3. The fourth-order valence-corrected chi connectivity index (χ4v) is 3.31. The van der Waals surface area contributed by atoms with Crippen molar-refractivity contribution in [2.45, 2.75) is 109 Å². The van der Waals surface area contributed by atoms with E-state index in [1.54, 1.807) is 0 Å². The largest absolute Gasteiger partial charge is 0.396 e. The van der Waals surface area contributed by atoms with Gasteiger partial charge in [0, 0.05) is 12.6 Å². The van der Waals surface area contributed by atoms with Crippen molar-refractivity contribution in [3.05, 3.63) is 0 Å². The standard InChI is InChI=1S/C20H43NO2/c1-4-5-6-7-8-9-10-11-12-13-14-15-16-20(23)19(17-18-22)21(2)3/h19-20,22-23H,4-18H2,1-3H3. The summed E-state index contributed by atoms with van der Waals surface area (Å²) in [6.07, 6.45) is 17.4. The van der Waals surface area contributed by atoms with E-state index in [2.05, 4.69) is 6.92 Å². The van der Waals surface area contributed by atoms with E-state index in [4.69, 9.17) is 5.11 Å². The van der Waals surface area contributed by atoms with Crippen LogP contribution < -0.4 is 0 Å². The Morgan fingerprint density at radius 1 is 0.696 bits per heavy atom. The van der Waals surface area contributed by atoms with Crippen LogP contribution in [0.5, 0.6) is 0 Å². The molecule has 0 radical (unpaired) electrons. The van der Waals surface area contributed by atoms with E-state index in [0.29, 0.717) is 6.42 Å². The van der Waals surface area contributed by atoms with Gasteiger partial charge >= 0.3 is 0 Å². The molecule has 0 aliphatic heterocycles. The second-order valence-corrected chi connectivity index (χ2v) is 7.29. The predicted molar refractivity (Wildman–Crippen MR) is 101 cm³/mol. The molecule has 0 aliphatic rings. The normalized spacial score (nSPS) is 14.3. The lowest BCUT2D eigenvalue weighted by Crippen LogP contribution is -2.39. The van der Waals surface area contributed by atoms with Crippen molar-refractivity contribution < 1.29 is 10.2 Å². The topological polar surface area (TPSA) is 43.7 Å². The number of hydrogen-bond acceptors (Lipinski definition) is 3. The van der Waals surface area contributed by atoms with E-state index in [0.717, 1.165) is 12.8 Å². The molecule has 2 unspecified atom stereocenters. The quantitative estimate of drug-likeness (QED) is 0.378. The summed E-state index contributed by atoms with van der Waals surface area (Å²) in [6, 6.07) is 0.0905. The molecule has 0 aromatic rings. The number of likely N-dealkylation sites (N-methyl/N-ethyl adjacent to an activating group) is 1. The van der Waals surface area contributed by atoms with Crippen LogP contribution in [0.4, 0.5) is 0 Å². The molecule has 3 heteroatoms. The lowest BCUT2D eigenvalue weighted by molar-refractivity contribution is 0.0521. The van der Waals surface area contributed by atoms with E-state index in [1.165, 1.54) is 70.6 Å². The van der Waals surface area contributed by atoms with Gasteiger partial charge in [-0.1, -0.05) is 84.0 Å². The van der Waals surface area contributed by atoms with Gasteiger partial charge < -0.3 is 15.1 Å². The SMILES string of the molecule is CCCCCCCCCCCCCCC(O)C(CCO)N(C)C. The van der Waals surface area contributed by atoms with Gasteiger partial charge in [-0.2, -0.15) is 0 Å². The molecule has 2 atom stereocenters. The first-order valence-electron chi connectivity index (χ1n) is 10.1. The Labute approximate surface area is 145 Å². The van der Waals surface area contributed by atoms with Gasteiger partial charge in [-0.05, 0) is 26.9 Å². The van der Waals surface area contributed by atoms with Gasteiger partial charge in [-0.15, -0.1) is 0 Å². The molecular weight excluding hydrogens is 286 g/mol. The molecule has 0 amide bonds. The first-order chi connectivity index (χ1) is 11.1. The van der Waals surface area contributed by atoms with Crippen LogP contribution in [-0.2, 0) is 0 Å². The van der Waals surface area contributed by atoms with Crippen LogP contribution in [0, 0.1) is 0 Å². The summed E-state index contributed by atoms with van der Waals surface area (Å²) in [5.74, 6) is 0. The summed E-state index contributed by atoms with van der Waals surface area (Å²) in [6.45, 7) is 2.42. The molecule has 140 valence electrons. The van der Waals surface area contributed by atoms with Crippen LogP contribution >= 0.6 is 0 Å². The molecule has 23 heavy (non-hydrogen) atoms. The van der Waals surface area contributed by atoms with Crippen LogP contribution in [0.15, 0.2) is 0 Å². The third kappa shape index (κ3) is 14.0. The monoisotopic (exact) mass is 329 g/mol. The Kier molecular flexibility index (Phi) is 16.6. The molecule has 0 aliphatic carbocycles. The Hall–Kier alpha value is -0.120. The highest BCUT2D eigenvalue weighted by Crippen LogP contribution is 2.15. The first-order valence-corrected chi connectivity index (χ1v) is 10.1. The Morgan fingerprint density at radius 3 is 1.52 bits per heavy atom. The van der Waals surface area contributed by atoms with Crippen molar-refractivity contribution in [3.8, 4) is 0 Å². The summed E-state index contributed by atoms with van der Waals surface area (Å²) < 4.78 is 0. The van der Waals surface area contributed by atoms with Gasteiger partial charge in [0.05, 0.1) is 6.10 Å². The molecule has 0 saturated heterocycles. The van der Waals surface area contributed by atoms with E-state index in [9.17, 15) is 5.11 Å². The van der Waals surface area contributed by atoms with Crippen molar-refractivity contribution in [2.24, 2.45) is 0 Å². The number of rotatable bonds is 17. The average Bonchev–Trinajstić information content (AvgIpc) is 2.53. The third-order valence-corrected chi connectivity index (χ3v) is 4.89. The molecule has 3 nitrogen and oxygen atoms in total. The van der Waals surface area contributed by atoms with E-state index < -0.39 is 0 Å². The van der Waals surface area contributed by atoms with Crippen molar-refractivity contribution in [2.75, 3.05) is 20.7 Å². The molecule has 0 aromatic heterocycles. The maximum atomic E-state index is 10.2. The molecule has 0 fully saturated rings. The number of aliphatic hydroxyl groups excluding tert-OH is 2. The molecule has 0 spiro atoms. The summed E-state index contributed by atoms with van der Waals surface area (Å²) in [4.78, 5) is 2.03. The van der Waals surface area contributed by atoms with Crippen LogP contribution in [0.3, 0.4) is 0 Å². The lowest BCUT2D eigenvalue weighted by Gasteiger charge is -2.28. The summed E-state index contributed by atoms with van der Waals surface area (Å²) >= 11 is 0. The summed E-state index contributed by atoms with van der Waals surface area (Å²) in [5, 5.41) is 19.3. The number of hydrogen-bond donors (Lipinski definition) is 2. The lowest BCUT2D eigenvalue weighted by atomic mass is 9.99. The van der Waals surface area contributed by atoms with Crippen LogP contribution in [0.1, 0.15) is 96.8 Å². The van der Waals surface area contributed by atoms with E-state index in [-0.39, 0.29) is 18.8 Å². The van der Waals surface area contributed by atoms with Gasteiger partial charge in [0.15, 0.2) is 0 Å². The zero-order valence-electron chi connectivity index (χ0n) is 16.1. The summed E-state index contributed by atoms with van der Waals surface area (Å²) in [5.41, 5.74) is 0. The van der Waals surface area contributed by atoms with Crippen LogP contribution in [0.2, 0.25) is 0 Å². The Morgan fingerprint density at radius 2 is 1.13 bits per heavy atom. The van der Waals surface area contributed by atoms with Crippen LogP contribution in [-0.4, -0.2) is 48.0 Å². The molecule has 0 saturated carbocycles. The molecule has 0 heterocycles. The fraction of sp³-hybridized carbons (Fsp3) is 1.00. The maximum Gasteiger partial charge on any atom is 0.0696 e. The van der Waals surface area contributed by atoms with Crippen molar-refractivity contribution >= 4 is 0 Å². The van der Waals surface area contributed by atoms with Crippen LogP contribution in [0.25, 0.3) is 0 Å². The first kappa shape index (κ1) is 22.9. The maximum absolute atomic E-state index is 10.2. The van der Waals surface area contributed by atoms with Gasteiger partial charge in [0.2, 0.25) is 0 Å². The minimum Gasteiger partial charge on any atom is -0.396 e. The molecule has 0 aromatic carbocycles. The minimum absolute atomic E-state index is 0.0905. The highest BCUT2D eigenvalue weighted by Gasteiger charge is 2.20. The molecule has 0 bridgehead atoms. The zero-order valence-corrected chi connectivity index (χ0v) is 16.1. The van der Waals surface area contributed by atoms with Gasteiger partial charge in [0.1, 0.15) is 0 Å². The second-order valence-electron chi connectivity index (χ2n) is 7.29. The van der Waals surface area contributed by atoms with Gasteiger partial charge in [-0.25, -0.2) is 0 Å². The zero-order chi connectivity index (χ0) is 17.3. The summed E-state index contributed by atoms with van der Waals surface area (Å²) in [7, 11) is 3.96. The van der Waals surface area contributed by atoms with Gasteiger partial charge in [-0.3, -0.25) is 0 Å². The predicted octanol–water partition coefficient (Wildman–Crippen LogP) is 4.75. The third-order valence-electron chi connectivity index (χ3n) is 4.89. The van der Waals surface area contributed by atoms with Crippen molar-refractivity contribution in [1.82, 2.24) is 4.90 Å². The number of unbranched alkanes of at least 4 members (excludes halogenated alkanes) is 11. The minimum atomic E-state index is -0.305. The second kappa shape index (κ2) is 16.7. The molecular formula is C20H43NO2. The van der Waals surface area contributed by atoms with Crippen molar-refractivity contribution in [3.63, 3.8) is 0 Å². The Balaban J connectivity index is 3.38. The number of nitrogens with zero attached hydrogens (tertiary/aromatic N) is 1. The van der Waals surface area contributed by atoms with Gasteiger partial charge in [0.25, 0.3) is 0 Å². The number of aliphatic hydroxyl groups is 2. The van der Waals surface area contributed by atoms with E-state index >= 15 is 0 Å². The fourth-order valence-electron chi connectivity index (χ4n) is 3.31. The highest BCUT2D eigenvalue weighted by molar-refractivity contribution is 4.75. The Bertz CT molecular complexity index is 234. The molecule has 0 rings (SSSR count). The van der Waals surface area contributed by atoms with E-state index in [1.807, 2.05) is 19.0 Å². The van der Waals surface area contributed by atoms with Crippen molar-refractivity contribution in [1.29, 1.82) is 0 Å². The average molecular weight is 330 g/mol. The smallest absolute Gasteiger partial charge is 0.0696 e. The molecule has 2 N–H and O–H groups in total.